The minimum atomic E-state index is 1.10. The molecular weight excluding hydrogens is 264 g/mol. The Morgan fingerprint density at radius 3 is 1.55 bits per heavy atom. The van der Waals surface area contributed by atoms with E-state index in [2.05, 4.69) is 50.3 Å². The van der Waals surface area contributed by atoms with Gasteiger partial charge in [-0.15, -0.1) is 0 Å². The van der Waals surface area contributed by atoms with Gasteiger partial charge in [-0.2, -0.15) is 0 Å². The van der Waals surface area contributed by atoms with E-state index in [1.165, 1.54) is 83.5 Å². The van der Waals surface area contributed by atoms with Gasteiger partial charge in [-0.25, -0.2) is 0 Å². The highest BCUT2D eigenvalue weighted by Crippen LogP contribution is 2.10. The van der Waals surface area contributed by atoms with Gasteiger partial charge < -0.3 is 0 Å². The molecule has 0 heterocycles. The molecule has 22 heavy (non-hydrogen) atoms. The highest BCUT2D eigenvalue weighted by molar-refractivity contribution is 4.94. The molecule has 0 unspecified atom stereocenters. The zero-order chi connectivity index (χ0) is 16.1. The predicted molar refractivity (Wildman–Crippen MR) is 103 cm³/mol. The standard InChI is InChI=1S/C22H40/c1-3-5-7-9-11-13-15-17-19-21-22-20-18-16-14-12-10-8-6-4-2/h7,9,13,15,21-22H,3-6,8,10-12,14,16-20H2,1-2H3. The molecule has 0 atom stereocenters. The minimum Gasteiger partial charge on any atom is -0.0885 e. The molecule has 0 aliphatic rings. The van der Waals surface area contributed by atoms with Crippen molar-refractivity contribution in [1.82, 2.24) is 0 Å². The maximum absolute atomic E-state index is 2.38. The third-order valence-corrected chi connectivity index (χ3v) is 3.95. The van der Waals surface area contributed by atoms with E-state index in [4.69, 9.17) is 0 Å². The molecule has 0 radical (unpaired) electrons. The Morgan fingerprint density at radius 2 is 0.909 bits per heavy atom. The third-order valence-electron chi connectivity index (χ3n) is 3.95. The fraction of sp³-hybridized carbons (Fsp3) is 0.727. The first-order chi connectivity index (χ1) is 10.9. The first-order valence-corrected chi connectivity index (χ1v) is 9.86. The molecule has 128 valence electrons. The van der Waals surface area contributed by atoms with Crippen LogP contribution in [-0.4, -0.2) is 0 Å². The quantitative estimate of drug-likeness (QED) is 0.199. The van der Waals surface area contributed by atoms with E-state index in [0.29, 0.717) is 0 Å². The Balaban J connectivity index is 3.19. The van der Waals surface area contributed by atoms with Crippen molar-refractivity contribution in [1.29, 1.82) is 0 Å². The molecule has 0 amide bonds. The van der Waals surface area contributed by atoms with Crippen molar-refractivity contribution < 1.29 is 0 Å². The summed E-state index contributed by atoms with van der Waals surface area (Å²) in [5, 5.41) is 0. The van der Waals surface area contributed by atoms with Crippen LogP contribution in [0.15, 0.2) is 36.5 Å². The van der Waals surface area contributed by atoms with E-state index in [9.17, 15) is 0 Å². The van der Waals surface area contributed by atoms with Crippen LogP contribution < -0.4 is 0 Å². The molecule has 0 saturated carbocycles. The van der Waals surface area contributed by atoms with Crippen LogP contribution in [-0.2, 0) is 0 Å². The lowest BCUT2D eigenvalue weighted by atomic mass is 10.1. The lowest BCUT2D eigenvalue weighted by Gasteiger charge is -1.99. The second kappa shape index (κ2) is 20.2. The number of hydrogen-bond donors (Lipinski definition) is 0. The van der Waals surface area contributed by atoms with Crippen molar-refractivity contribution in [2.75, 3.05) is 0 Å². The van der Waals surface area contributed by atoms with Crippen molar-refractivity contribution in [2.45, 2.75) is 104 Å². The number of unbranched alkanes of at least 4 members (excludes halogenated alkanes) is 10. The maximum atomic E-state index is 2.38. The summed E-state index contributed by atoms with van der Waals surface area (Å²) in [5.74, 6) is 0. The van der Waals surface area contributed by atoms with Crippen LogP contribution in [0.3, 0.4) is 0 Å². The largest absolute Gasteiger partial charge is 0.0885 e. The Hall–Kier alpha value is -0.780. The second-order valence-corrected chi connectivity index (χ2v) is 6.28. The van der Waals surface area contributed by atoms with Crippen molar-refractivity contribution in [2.24, 2.45) is 0 Å². The molecule has 0 spiro atoms. The summed E-state index contributed by atoms with van der Waals surface area (Å²) in [5.41, 5.74) is 0. The summed E-state index contributed by atoms with van der Waals surface area (Å²) in [6.07, 6.45) is 32.5. The molecular formula is C22H40. The molecule has 0 aromatic heterocycles. The van der Waals surface area contributed by atoms with Gasteiger partial charge in [0.2, 0.25) is 0 Å². The van der Waals surface area contributed by atoms with E-state index < -0.39 is 0 Å². The van der Waals surface area contributed by atoms with Crippen molar-refractivity contribution in [3.63, 3.8) is 0 Å². The van der Waals surface area contributed by atoms with Gasteiger partial charge in [0.1, 0.15) is 0 Å². The molecule has 0 aliphatic heterocycles. The second-order valence-electron chi connectivity index (χ2n) is 6.28. The normalized spacial score (nSPS) is 12.3. The van der Waals surface area contributed by atoms with Crippen LogP contribution >= 0.6 is 0 Å². The Bertz CT molecular complexity index is 270. The summed E-state index contributed by atoms with van der Waals surface area (Å²) in [6, 6.07) is 0. The van der Waals surface area contributed by atoms with Crippen molar-refractivity contribution in [3.8, 4) is 0 Å². The first-order valence-electron chi connectivity index (χ1n) is 9.86. The van der Waals surface area contributed by atoms with E-state index >= 15 is 0 Å². The average Bonchev–Trinajstić information content (AvgIpc) is 2.54. The molecule has 0 rings (SSSR count). The van der Waals surface area contributed by atoms with Crippen molar-refractivity contribution in [3.05, 3.63) is 36.5 Å². The molecule has 0 saturated heterocycles. The number of rotatable bonds is 16. The molecule has 0 bridgehead atoms. The van der Waals surface area contributed by atoms with Gasteiger partial charge in [-0.05, 0) is 38.5 Å². The van der Waals surface area contributed by atoms with Gasteiger partial charge in [0.15, 0.2) is 0 Å². The van der Waals surface area contributed by atoms with E-state index in [1.54, 1.807) is 0 Å². The lowest BCUT2D eigenvalue weighted by molar-refractivity contribution is 0.577. The lowest BCUT2D eigenvalue weighted by Crippen LogP contribution is -1.79. The smallest absolute Gasteiger partial charge is 0.0169 e. The molecule has 0 N–H and O–H groups in total. The summed E-state index contributed by atoms with van der Waals surface area (Å²) in [7, 11) is 0. The number of allylic oxidation sites excluding steroid dienone is 6. The minimum absolute atomic E-state index is 1.10. The SMILES string of the molecule is CCCC=CCC=CCCC=CCCCCCCCCCC. The third kappa shape index (κ3) is 19.2. The summed E-state index contributed by atoms with van der Waals surface area (Å²) in [4.78, 5) is 0. The Labute approximate surface area is 140 Å². The topological polar surface area (TPSA) is 0 Å². The summed E-state index contributed by atoms with van der Waals surface area (Å²) < 4.78 is 0. The van der Waals surface area contributed by atoms with Gasteiger partial charge in [0.05, 0.1) is 0 Å². The monoisotopic (exact) mass is 304 g/mol. The van der Waals surface area contributed by atoms with Crippen LogP contribution in [0.4, 0.5) is 0 Å². The Kier molecular flexibility index (Phi) is 19.5. The zero-order valence-electron chi connectivity index (χ0n) is 15.4. The molecule has 0 aromatic carbocycles. The fourth-order valence-corrected chi connectivity index (χ4v) is 2.50. The van der Waals surface area contributed by atoms with Gasteiger partial charge in [0.25, 0.3) is 0 Å². The van der Waals surface area contributed by atoms with Crippen LogP contribution in [0, 0.1) is 0 Å². The van der Waals surface area contributed by atoms with Crippen LogP contribution in [0.25, 0.3) is 0 Å². The molecule has 0 heteroatoms. The predicted octanol–water partition coefficient (Wildman–Crippen LogP) is 8.16. The van der Waals surface area contributed by atoms with Gasteiger partial charge in [-0.3, -0.25) is 0 Å². The van der Waals surface area contributed by atoms with Gasteiger partial charge >= 0.3 is 0 Å². The van der Waals surface area contributed by atoms with Crippen LogP contribution in [0.2, 0.25) is 0 Å². The average molecular weight is 305 g/mol. The van der Waals surface area contributed by atoms with Crippen LogP contribution in [0.1, 0.15) is 104 Å². The summed E-state index contributed by atoms with van der Waals surface area (Å²) >= 11 is 0. The van der Waals surface area contributed by atoms with Crippen molar-refractivity contribution >= 4 is 0 Å². The molecule has 0 aliphatic carbocycles. The highest BCUT2D eigenvalue weighted by atomic mass is 14.0. The highest BCUT2D eigenvalue weighted by Gasteiger charge is 1.90. The fourth-order valence-electron chi connectivity index (χ4n) is 2.50. The number of hydrogen-bond acceptors (Lipinski definition) is 0. The van der Waals surface area contributed by atoms with Gasteiger partial charge in [-0.1, -0.05) is 102 Å². The van der Waals surface area contributed by atoms with E-state index in [-0.39, 0.29) is 0 Å². The zero-order valence-corrected chi connectivity index (χ0v) is 15.4. The summed E-state index contributed by atoms with van der Waals surface area (Å²) in [6.45, 7) is 4.51. The molecule has 0 nitrogen and oxygen atoms in total. The molecule has 0 fully saturated rings. The Morgan fingerprint density at radius 1 is 0.409 bits per heavy atom. The van der Waals surface area contributed by atoms with Gasteiger partial charge in [0, 0.05) is 0 Å². The first kappa shape index (κ1) is 21.2. The van der Waals surface area contributed by atoms with Crippen LogP contribution in [0.5, 0.6) is 0 Å². The van der Waals surface area contributed by atoms with E-state index in [0.717, 1.165) is 6.42 Å². The molecule has 0 aromatic rings. The van der Waals surface area contributed by atoms with E-state index in [1.807, 2.05) is 0 Å². The maximum Gasteiger partial charge on any atom is -0.0169 e.